The van der Waals surface area contributed by atoms with Gasteiger partial charge in [-0.2, -0.15) is 0 Å². The third-order valence-corrected chi connectivity index (χ3v) is 2.32. The fourth-order valence-corrected chi connectivity index (χ4v) is 1.27. The van der Waals surface area contributed by atoms with Crippen molar-refractivity contribution in [3.05, 3.63) is 36.4 Å². The minimum Gasteiger partial charge on any atom is -0.325 e. The van der Waals surface area contributed by atoms with Crippen LogP contribution in [-0.2, 0) is 4.79 Å². The molecule has 0 saturated carbocycles. The summed E-state index contributed by atoms with van der Waals surface area (Å²) in [5.41, 5.74) is 2.38. The Morgan fingerprint density at radius 2 is 1.81 bits per heavy atom. The van der Waals surface area contributed by atoms with Crippen LogP contribution in [0.3, 0.4) is 0 Å². The highest BCUT2D eigenvalue weighted by Crippen LogP contribution is 2.24. The van der Waals surface area contributed by atoms with Gasteiger partial charge in [0.15, 0.2) is 0 Å². The molecule has 0 aliphatic rings. The molecule has 0 aliphatic heterocycles. The topological polar surface area (TPSA) is 29.1 Å². The molecule has 2 nitrogen and oxygen atoms in total. The molecule has 0 aliphatic carbocycles. The molecule has 0 aromatic heterocycles. The molecule has 0 heterocycles. The fourth-order valence-electron chi connectivity index (χ4n) is 1.27. The summed E-state index contributed by atoms with van der Waals surface area (Å²) in [6.07, 6.45) is 0. The Hall–Kier alpha value is -1.57. The van der Waals surface area contributed by atoms with Gasteiger partial charge in [0.1, 0.15) is 0 Å². The Bertz CT molecular complexity index is 413. The predicted molar refractivity (Wildman–Crippen MR) is 69.2 cm³/mol. The molecule has 86 valence electrons. The van der Waals surface area contributed by atoms with E-state index in [0.29, 0.717) is 0 Å². The number of nitrogens with one attached hydrogen (secondary N) is 1. The summed E-state index contributed by atoms with van der Waals surface area (Å²) in [6.45, 7) is 11.5. The van der Waals surface area contributed by atoms with Gasteiger partial charge >= 0.3 is 0 Å². The Morgan fingerprint density at radius 1 is 1.25 bits per heavy atom. The van der Waals surface area contributed by atoms with E-state index in [-0.39, 0.29) is 11.3 Å². The Morgan fingerprint density at radius 3 is 2.31 bits per heavy atom. The molecule has 16 heavy (non-hydrogen) atoms. The first-order valence-corrected chi connectivity index (χ1v) is 5.39. The second-order valence-corrected chi connectivity index (χ2v) is 5.03. The molecule has 0 unspecified atom stereocenters. The van der Waals surface area contributed by atoms with Gasteiger partial charge in [-0.1, -0.05) is 45.5 Å². The van der Waals surface area contributed by atoms with Crippen molar-refractivity contribution >= 4 is 17.2 Å². The van der Waals surface area contributed by atoms with E-state index in [2.05, 4.69) is 11.9 Å². The highest BCUT2D eigenvalue weighted by molar-refractivity contribution is 5.96. The lowest BCUT2D eigenvalue weighted by molar-refractivity contribution is -0.123. The zero-order valence-electron chi connectivity index (χ0n) is 10.4. The van der Waals surface area contributed by atoms with Crippen molar-refractivity contribution in [2.45, 2.75) is 27.7 Å². The number of carbonyl (C=O) groups excluding carboxylic acids is 1. The second kappa shape index (κ2) is 4.52. The fraction of sp³-hybridized carbons (Fsp3) is 0.357. The number of rotatable bonds is 2. The van der Waals surface area contributed by atoms with Gasteiger partial charge in [-0.15, -0.1) is 0 Å². The van der Waals surface area contributed by atoms with Gasteiger partial charge in [0.2, 0.25) is 5.91 Å². The van der Waals surface area contributed by atoms with E-state index in [4.69, 9.17) is 0 Å². The number of para-hydroxylation sites is 1. The number of amides is 1. The van der Waals surface area contributed by atoms with Gasteiger partial charge in [-0.05, 0) is 18.6 Å². The number of hydrogen-bond acceptors (Lipinski definition) is 1. The lowest BCUT2D eigenvalue weighted by atomic mass is 9.95. The van der Waals surface area contributed by atoms with E-state index in [9.17, 15) is 4.79 Å². The van der Waals surface area contributed by atoms with Crippen molar-refractivity contribution in [3.63, 3.8) is 0 Å². The Kier molecular flexibility index (Phi) is 3.53. The molecule has 1 rings (SSSR count). The first kappa shape index (κ1) is 12.5. The van der Waals surface area contributed by atoms with Crippen LogP contribution in [0.25, 0.3) is 5.57 Å². The quantitative estimate of drug-likeness (QED) is 0.804. The first-order chi connectivity index (χ1) is 7.32. The van der Waals surface area contributed by atoms with Crippen LogP contribution >= 0.6 is 0 Å². The minimum absolute atomic E-state index is 0.0150. The summed E-state index contributed by atoms with van der Waals surface area (Å²) in [5, 5.41) is 2.93. The maximum Gasteiger partial charge on any atom is 0.229 e. The van der Waals surface area contributed by atoms with Crippen LogP contribution in [0, 0.1) is 5.41 Å². The summed E-state index contributed by atoms with van der Waals surface area (Å²) in [7, 11) is 0. The van der Waals surface area contributed by atoms with Crippen molar-refractivity contribution in [1.29, 1.82) is 0 Å². The average Bonchev–Trinajstić information content (AvgIpc) is 2.16. The molecule has 1 aromatic carbocycles. The number of anilines is 1. The van der Waals surface area contributed by atoms with Crippen LogP contribution in [0.5, 0.6) is 0 Å². The van der Waals surface area contributed by atoms with Crippen LogP contribution in [0.4, 0.5) is 5.69 Å². The normalized spacial score (nSPS) is 11.0. The zero-order valence-corrected chi connectivity index (χ0v) is 10.4. The summed E-state index contributed by atoms with van der Waals surface area (Å²) in [4.78, 5) is 11.9. The van der Waals surface area contributed by atoms with Crippen LogP contribution in [-0.4, -0.2) is 5.91 Å². The predicted octanol–water partition coefficient (Wildman–Crippen LogP) is 3.70. The molecule has 1 N–H and O–H groups in total. The van der Waals surface area contributed by atoms with E-state index >= 15 is 0 Å². The van der Waals surface area contributed by atoms with Crippen LogP contribution < -0.4 is 5.32 Å². The maximum absolute atomic E-state index is 11.9. The second-order valence-electron chi connectivity index (χ2n) is 5.03. The molecule has 0 saturated heterocycles. The molecule has 0 spiro atoms. The lowest BCUT2D eigenvalue weighted by Crippen LogP contribution is -2.27. The standard InChI is InChI=1S/C14H19NO/c1-10(2)11-8-6-7-9-12(11)15-13(16)14(3,4)5/h6-9H,1H2,2-5H3,(H,15,16). The third kappa shape index (κ3) is 2.96. The van der Waals surface area contributed by atoms with Crippen molar-refractivity contribution in [2.75, 3.05) is 5.32 Å². The van der Waals surface area contributed by atoms with Gasteiger partial charge in [-0.3, -0.25) is 4.79 Å². The minimum atomic E-state index is -0.387. The maximum atomic E-state index is 11.9. The van der Waals surface area contributed by atoms with Crippen LogP contribution in [0.1, 0.15) is 33.3 Å². The highest BCUT2D eigenvalue weighted by Gasteiger charge is 2.21. The first-order valence-electron chi connectivity index (χ1n) is 5.39. The smallest absolute Gasteiger partial charge is 0.229 e. The van der Waals surface area contributed by atoms with Gasteiger partial charge in [0.05, 0.1) is 0 Å². The largest absolute Gasteiger partial charge is 0.325 e. The summed E-state index contributed by atoms with van der Waals surface area (Å²) in [6, 6.07) is 7.70. The van der Waals surface area contributed by atoms with Gasteiger partial charge in [-0.25, -0.2) is 0 Å². The average molecular weight is 217 g/mol. The van der Waals surface area contributed by atoms with E-state index < -0.39 is 0 Å². The molecule has 2 heteroatoms. The summed E-state index contributed by atoms with van der Waals surface area (Å²) in [5.74, 6) is 0.0150. The molecule has 1 amide bonds. The number of allylic oxidation sites excluding steroid dienone is 1. The lowest BCUT2D eigenvalue weighted by Gasteiger charge is -2.19. The van der Waals surface area contributed by atoms with E-state index in [1.807, 2.05) is 52.0 Å². The molecular weight excluding hydrogens is 198 g/mol. The zero-order chi connectivity index (χ0) is 12.3. The molecule has 0 fully saturated rings. The van der Waals surface area contributed by atoms with Gasteiger partial charge in [0.25, 0.3) is 0 Å². The summed E-state index contributed by atoms with van der Waals surface area (Å²) < 4.78 is 0. The number of carbonyl (C=O) groups is 1. The van der Waals surface area contributed by atoms with E-state index in [0.717, 1.165) is 16.8 Å². The highest BCUT2D eigenvalue weighted by atomic mass is 16.2. The summed E-state index contributed by atoms with van der Waals surface area (Å²) >= 11 is 0. The van der Waals surface area contributed by atoms with Gasteiger partial charge in [0, 0.05) is 16.7 Å². The Balaban J connectivity index is 2.98. The molecule has 0 atom stereocenters. The van der Waals surface area contributed by atoms with Crippen molar-refractivity contribution in [1.82, 2.24) is 0 Å². The number of hydrogen-bond donors (Lipinski definition) is 1. The Labute approximate surface area is 97.4 Å². The monoisotopic (exact) mass is 217 g/mol. The van der Waals surface area contributed by atoms with Crippen molar-refractivity contribution in [2.24, 2.45) is 5.41 Å². The molecule has 1 aromatic rings. The molecule has 0 radical (unpaired) electrons. The van der Waals surface area contributed by atoms with E-state index in [1.54, 1.807) is 0 Å². The van der Waals surface area contributed by atoms with Crippen molar-refractivity contribution in [3.8, 4) is 0 Å². The molecule has 0 bridgehead atoms. The number of benzene rings is 1. The SMILES string of the molecule is C=C(C)c1ccccc1NC(=O)C(C)(C)C. The van der Waals surface area contributed by atoms with Gasteiger partial charge < -0.3 is 5.32 Å². The van der Waals surface area contributed by atoms with E-state index in [1.165, 1.54) is 0 Å². The third-order valence-electron chi connectivity index (χ3n) is 2.32. The van der Waals surface area contributed by atoms with Crippen molar-refractivity contribution < 1.29 is 4.79 Å². The van der Waals surface area contributed by atoms with Crippen LogP contribution in [0.2, 0.25) is 0 Å². The molecular formula is C14H19NO. The van der Waals surface area contributed by atoms with Crippen LogP contribution in [0.15, 0.2) is 30.8 Å².